The Balaban J connectivity index is 1.31. The number of sulfone groups is 1. The van der Waals surface area contributed by atoms with Gasteiger partial charge in [-0.1, -0.05) is 41.9 Å². The first kappa shape index (κ1) is 26.5. The van der Waals surface area contributed by atoms with Crippen molar-refractivity contribution in [1.82, 2.24) is 10.6 Å². The molecule has 0 spiro atoms. The van der Waals surface area contributed by atoms with Gasteiger partial charge < -0.3 is 15.4 Å². The molecule has 2 aromatic carbocycles. The summed E-state index contributed by atoms with van der Waals surface area (Å²) < 4.78 is 66.4. The first-order valence-corrected chi connectivity index (χ1v) is 13.8. The zero-order valence-electron chi connectivity index (χ0n) is 18.8. The molecule has 1 amide bonds. The minimum absolute atomic E-state index is 0.134. The fourth-order valence-electron chi connectivity index (χ4n) is 3.66. The maximum absolute atomic E-state index is 12.8. The van der Waals surface area contributed by atoms with Crippen molar-refractivity contribution in [3.05, 3.63) is 70.6 Å². The van der Waals surface area contributed by atoms with Gasteiger partial charge in [0.05, 0.1) is 15.6 Å². The molecule has 2 N–H and O–H groups in total. The fraction of sp³-hybridized carbons (Fsp3) is 0.292. The number of ether oxygens (including phenoxy) is 1. The van der Waals surface area contributed by atoms with Crippen molar-refractivity contribution in [1.29, 1.82) is 0 Å². The van der Waals surface area contributed by atoms with Crippen LogP contribution in [0.2, 0.25) is 4.34 Å². The first-order valence-electron chi connectivity index (χ1n) is 10.9. The van der Waals surface area contributed by atoms with Gasteiger partial charge in [0.15, 0.2) is 9.84 Å². The largest absolute Gasteiger partial charge is 0.573 e. The van der Waals surface area contributed by atoms with Crippen LogP contribution in [0.25, 0.3) is 11.1 Å². The summed E-state index contributed by atoms with van der Waals surface area (Å²) in [6.07, 6.45) is -3.54. The van der Waals surface area contributed by atoms with E-state index in [0.717, 1.165) is 22.5 Å². The van der Waals surface area contributed by atoms with Crippen molar-refractivity contribution in [2.75, 3.05) is 12.3 Å². The topological polar surface area (TPSA) is 84.5 Å². The molecule has 0 unspecified atom stereocenters. The highest BCUT2D eigenvalue weighted by atomic mass is 35.5. The standard InChI is InChI=1S/C24H22ClF3N2O4S2/c25-20-8-9-21(35-20)36(32,33)13-12-30-23(10-11-23)22(31)29-15-16-2-1-3-18(14-16)17-4-6-19(7-5-17)34-24(26,27)28/h1-9,14,30H,10-13,15H2,(H,29,31). The van der Waals surface area contributed by atoms with Gasteiger partial charge in [0.25, 0.3) is 0 Å². The van der Waals surface area contributed by atoms with Gasteiger partial charge in [0, 0.05) is 13.1 Å². The molecule has 1 aliphatic carbocycles. The predicted molar refractivity (Wildman–Crippen MR) is 132 cm³/mol. The summed E-state index contributed by atoms with van der Waals surface area (Å²) in [6.45, 7) is 0.381. The third-order valence-corrected chi connectivity index (χ3v) is 9.20. The Bertz CT molecular complexity index is 1340. The van der Waals surface area contributed by atoms with Gasteiger partial charge in [0.1, 0.15) is 9.96 Å². The molecule has 0 atom stereocenters. The molecule has 36 heavy (non-hydrogen) atoms. The number of thiophene rings is 1. The van der Waals surface area contributed by atoms with Crippen molar-refractivity contribution in [3.8, 4) is 16.9 Å². The van der Waals surface area contributed by atoms with Gasteiger partial charge in [-0.15, -0.1) is 24.5 Å². The number of amides is 1. The number of carbonyl (C=O) groups is 1. The van der Waals surface area contributed by atoms with Crippen LogP contribution in [-0.4, -0.2) is 38.5 Å². The molecule has 0 bridgehead atoms. The minimum Gasteiger partial charge on any atom is -0.406 e. The second-order valence-corrected chi connectivity index (χ2v) is 12.4. The molecular formula is C24H22ClF3N2O4S2. The Kier molecular flexibility index (Phi) is 7.65. The summed E-state index contributed by atoms with van der Waals surface area (Å²) >= 11 is 6.83. The van der Waals surface area contributed by atoms with Crippen LogP contribution in [0, 0.1) is 0 Å². The Morgan fingerprint density at radius 3 is 2.39 bits per heavy atom. The number of carbonyl (C=O) groups excluding carboxylic acids is 1. The van der Waals surface area contributed by atoms with E-state index in [-0.39, 0.29) is 34.7 Å². The van der Waals surface area contributed by atoms with Crippen LogP contribution in [0.4, 0.5) is 13.2 Å². The number of rotatable bonds is 10. The summed E-state index contributed by atoms with van der Waals surface area (Å²) in [5.74, 6) is -0.657. The van der Waals surface area contributed by atoms with E-state index in [4.69, 9.17) is 11.6 Å². The molecular weight excluding hydrogens is 537 g/mol. The average Bonchev–Trinajstić information content (AvgIpc) is 3.47. The Hall–Kier alpha value is -2.60. The molecule has 0 aliphatic heterocycles. The molecule has 1 aromatic heterocycles. The third-order valence-electron chi connectivity index (χ3n) is 5.68. The summed E-state index contributed by atoms with van der Waals surface area (Å²) in [6, 6.07) is 15.8. The molecule has 0 radical (unpaired) electrons. The van der Waals surface area contributed by atoms with Crippen molar-refractivity contribution in [3.63, 3.8) is 0 Å². The zero-order valence-corrected chi connectivity index (χ0v) is 21.2. The molecule has 3 aromatic rings. The lowest BCUT2D eigenvalue weighted by molar-refractivity contribution is -0.274. The maximum atomic E-state index is 12.8. The van der Waals surface area contributed by atoms with Gasteiger partial charge >= 0.3 is 6.36 Å². The van der Waals surface area contributed by atoms with Crippen LogP contribution in [0.5, 0.6) is 5.75 Å². The molecule has 1 heterocycles. The molecule has 0 saturated heterocycles. The van der Waals surface area contributed by atoms with Crippen LogP contribution in [0.3, 0.4) is 0 Å². The molecule has 1 aliphatic rings. The lowest BCUT2D eigenvalue weighted by atomic mass is 10.0. The Morgan fingerprint density at radius 2 is 1.78 bits per heavy atom. The highest BCUT2D eigenvalue weighted by molar-refractivity contribution is 7.93. The van der Waals surface area contributed by atoms with E-state index in [2.05, 4.69) is 15.4 Å². The molecule has 4 rings (SSSR count). The number of alkyl halides is 3. The van der Waals surface area contributed by atoms with Gasteiger partial charge in [-0.05, 0) is 59.9 Å². The number of halogens is 4. The Morgan fingerprint density at radius 1 is 1.06 bits per heavy atom. The number of hydrogen-bond acceptors (Lipinski definition) is 6. The summed E-state index contributed by atoms with van der Waals surface area (Å²) in [5, 5.41) is 5.97. The van der Waals surface area contributed by atoms with Crippen LogP contribution < -0.4 is 15.4 Å². The number of benzene rings is 2. The van der Waals surface area contributed by atoms with Gasteiger partial charge in [-0.3, -0.25) is 4.79 Å². The summed E-state index contributed by atoms with van der Waals surface area (Å²) in [4.78, 5) is 12.8. The van der Waals surface area contributed by atoms with E-state index in [9.17, 15) is 26.4 Å². The molecule has 192 valence electrons. The summed E-state index contributed by atoms with van der Waals surface area (Å²) in [7, 11) is -3.48. The van der Waals surface area contributed by atoms with Gasteiger partial charge in [0.2, 0.25) is 5.91 Å². The highest BCUT2D eigenvalue weighted by Crippen LogP contribution is 2.36. The second kappa shape index (κ2) is 10.4. The molecule has 12 heteroatoms. The Labute approximate surface area is 215 Å². The molecule has 1 saturated carbocycles. The van der Waals surface area contributed by atoms with E-state index in [0.29, 0.717) is 22.7 Å². The van der Waals surface area contributed by atoms with E-state index < -0.39 is 21.7 Å². The average molecular weight is 559 g/mol. The van der Waals surface area contributed by atoms with Crippen molar-refractivity contribution >= 4 is 38.7 Å². The number of nitrogens with one attached hydrogen (secondary N) is 2. The predicted octanol–water partition coefficient (Wildman–Crippen LogP) is 5.18. The molecule has 6 nitrogen and oxygen atoms in total. The smallest absolute Gasteiger partial charge is 0.406 e. The third kappa shape index (κ3) is 6.78. The van der Waals surface area contributed by atoms with E-state index >= 15 is 0 Å². The van der Waals surface area contributed by atoms with Crippen LogP contribution in [-0.2, 0) is 21.2 Å². The van der Waals surface area contributed by atoms with Crippen LogP contribution in [0.15, 0.2) is 64.9 Å². The lowest BCUT2D eigenvalue weighted by Gasteiger charge is -2.17. The highest BCUT2D eigenvalue weighted by Gasteiger charge is 2.49. The first-order chi connectivity index (χ1) is 17.0. The monoisotopic (exact) mass is 558 g/mol. The second-order valence-electron chi connectivity index (χ2n) is 8.34. The van der Waals surface area contributed by atoms with Crippen LogP contribution in [0.1, 0.15) is 18.4 Å². The summed E-state index contributed by atoms with van der Waals surface area (Å²) in [5.41, 5.74) is 1.50. The van der Waals surface area contributed by atoms with E-state index in [1.165, 1.54) is 36.4 Å². The quantitative estimate of drug-likeness (QED) is 0.358. The number of hydrogen-bond donors (Lipinski definition) is 2. The van der Waals surface area contributed by atoms with Crippen LogP contribution >= 0.6 is 22.9 Å². The fourth-order valence-corrected chi connectivity index (χ4v) is 6.45. The van der Waals surface area contributed by atoms with Crippen molar-refractivity contribution < 1.29 is 31.1 Å². The zero-order chi connectivity index (χ0) is 26.0. The van der Waals surface area contributed by atoms with Gasteiger partial charge in [-0.25, -0.2) is 8.42 Å². The normalized spacial score (nSPS) is 14.9. The maximum Gasteiger partial charge on any atom is 0.573 e. The SMILES string of the molecule is O=C(NCc1cccc(-c2ccc(OC(F)(F)F)cc2)c1)C1(NCCS(=O)(=O)c2ccc(Cl)s2)CC1. The molecule has 1 fully saturated rings. The van der Waals surface area contributed by atoms with Gasteiger partial charge in [-0.2, -0.15) is 0 Å². The van der Waals surface area contributed by atoms with Crippen molar-refractivity contribution in [2.45, 2.75) is 35.5 Å². The van der Waals surface area contributed by atoms with E-state index in [1.54, 1.807) is 6.07 Å². The van der Waals surface area contributed by atoms with Crippen molar-refractivity contribution in [2.24, 2.45) is 0 Å². The minimum atomic E-state index is -4.75. The van der Waals surface area contributed by atoms with E-state index in [1.807, 2.05) is 18.2 Å². The lowest BCUT2D eigenvalue weighted by Crippen LogP contribution is -2.47.